The molecule has 0 aromatic rings. The second kappa shape index (κ2) is 1.82. The number of nitriles is 1. The first-order valence-electron chi connectivity index (χ1n) is 4.04. The van der Waals surface area contributed by atoms with Crippen molar-refractivity contribution in [2.45, 2.75) is 38.3 Å². The molecule has 0 N–H and O–H groups in total. The maximum Gasteiger partial charge on any atom is 0.191 e. The van der Waals surface area contributed by atoms with E-state index in [1.807, 2.05) is 6.92 Å². The second-order valence-electron chi connectivity index (χ2n) is 3.85. The van der Waals surface area contributed by atoms with Gasteiger partial charge >= 0.3 is 0 Å². The molecular weight excluding hydrogens is 138 g/mol. The molecule has 0 atom stereocenters. The zero-order chi connectivity index (χ0) is 7.95. The molecule has 1 saturated carbocycles. The van der Waals surface area contributed by atoms with Crippen molar-refractivity contribution in [1.82, 2.24) is 0 Å². The van der Waals surface area contributed by atoms with Crippen LogP contribution in [0.2, 0.25) is 0 Å². The van der Waals surface area contributed by atoms with E-state index in [-0.39, 0.29) is 11.1 Å². The van der Waals surface area contributed by atoms with Gasteiger partial charge in [-0.3, -0.25) is 0 Å². The van der Waals surface area contributed by atoms with E-state index in [4.69, 9.17) is 5.26 Å². The van der Waals surface area contributed by atoms with Gasteiger partial charge in [0.05, 0.1) is 11.5 Å². The number of hydrogen-bond donors (Lipinski definition) is 0. The maximum atomic E-state index is 8.83. The Kier molecular flexibility index (Phi) is 1.12. The van der Waals surface area contributed by atoms with Gasteiger partial charge in [-0.25, -0.2) is 0 Å². The van der Waals surface area contributed by atoms with Crippen molar-refractivity contribution in [2.75, 3.05) is 0 Å². The highest BCUT2D eigenvalue weighted by atomic mass is 15.4. The minimum atomic E-state index is -0.0983. The fourth-order valence-electron chi connectivity index (χ4n) is 1.58. The standard InChI is InChI=1S/C8H11N3/c1-7(6-9)2-4-8(5-3-7)10-11-8/h2-5H2,1H3. The SMILES string of the molecule is CC1(C#N)CCC2(CC1)N=N2. The fraction of sp³-hybridized carbons (Fsp3) is 0.875. The third-order valence-corrected chi connectivity index (χ3v) is 2.81. The van der Waals surface area contributed by atoms with Crippen molar-refractivity contribution in [3.05, 3.63) is 0 Å². The van der Waals surface area contributed by atoms with E-state index < -0.39 is 0 Å². The Morgan fingerprint density at radius 3 is 2.09 bits per heavy atom. The lowest BCUT2D eigenvalue weighted by Gasteiger charge is -2.28. The van der Waals surface area contributed by atoms with Crippen LogP contribution < -0.4 is 0 Å². The van der Waals surface area contributed by atoms with Gasteiger partial charge in [0.2, 0.25) is 0 Å². The van der Waals surface area contributed by atoms with Crippen LogP contribution in [0.3, 0.4) is 0 Å². The summed E-state index contributed by atoms with van der Waals surface area (Å²) in [7, 11) is 0. The molecule has 3 nitrogen and oxygen atoms in total. The largest absolute Gasteiger partial charge is 0.198 e. The Balaban J connectivity index is 2.00. The van der Waals surface area contributed by atoms with Gasteiger partial charge in [0.1, 0.15) is 0 Å². The minimum Gasteiger partial charge on any atom is -0.198 e. The summed E-state index contributed by atoms with van der Waals surface area (Å²) in [4.78, 5) is 0. The zero-order valence-corrected chi connectivity index (χ0v) is 6.67. The molecule has 58 valence electrons. The molecule has 1 aliphatic heterocycles. The predicted molar refractivity (Wildman–Crippen MR) is 39.8 cm³/mol. The van der Waals surface area contributed by atoms with Crippen LogP contribution in [0, 0.1) is 16.7 Å². The van der Waals surface area contributed by atoms with Gasteiger partial charge in [0.15, 0.2) is 5.66 Å². The van der Waals surface area contributed by atoms with Crippen LogP contribution in [0.5, 0.6) is 0 Å². The minimum absolute atomic E-state index is 0.0175. The molecule has 3 heteroatoms. The molecule has 0 radical (unpaired) electrons. The Morgan fingerprint density at radius 1 is 1.18 bits per heavy atom. The summed E-state index contributed by atoms with van der Waals surface area (Å²) in [6.07, 6.45) is 3.88. The van der Waals surface area contributed by atoms with Gasteiger partial charge in [-0.1, -0.05) is 0 Å². The Bertz CT molecular complexity index is 233. The average Bonchev–Trinajstić information content (AvgIpc) is 2.78. The monoisotopic (exact) mass is 149 g/mol. The van der Waals surface area contributed by atoms with Crippen molar-refractivity contribution in [2.24, 2.45) is 15.6 Å². The van der Waals surface area contributed by atoms with Crippen molar-refractivity contribution in [1.29, 1.82) is 5.26 Å². The Hall–Kier alpha value is -0.910. The van der Waals surface area contributed by atoms with E-state index in [2.05, 4.69) is 16.3 Å². The molecule has 0 aromatic heterocycles. The highest BCUT2D eigenvalue weighted by Gasteiger charge is 2.47. The third-order valence-electron chi connectivity index (χ3n) is 2.81. The van der Waals surface area contributed by atoms with Gasteiger partial charge < -0.3 is 0 Å². The molecule has 1 heterocycles. The van der Waals surface area contributed by atoms with Gasteiger partial charge in [0.25, 0.3) is 0 Å². The lowest BCUT2D eigenvalue weighted by atomic mass is 9.74. The predicted octanol–water partition coefficient (Wildman–Crippen LogP) is 2.25. The highest BCUT2D eigenvalue weighted by Crippen LogP contribution is 2.48. The first-order valence-corrected chi connectivity index (χ1v) is 4.04. The molecule has 0 bridgehead atoms. The van der Waals surface area contributed by atoms with Crippen LogP contribution in [-0.2, 0) is 0 Å². The summed E-state index contributed by atoms with van der Waals surface area (Å²) in [6.45, 7) is 2.03. The first kappa shape index (κ1) is 6.78. The maximum absolute atomic E-state index is 8.83. The normalized spacial score (nSPS) is 29.8. The molecule has 0 saturated heterocycles. The molecule has 1 aliphatic carbocycles. The van der Waals surface area contributed by atoms with Crippen molar-refractivity contribution < 1.29 is 0 Å². The summed E-state index contributed by atoms with van der Waals surface area (Å²) in [5.41, 5.74) is -0.116. The molecule has 11 heavy (non-hydrogen) atoms. The van der Waals surface area contributed by atoms with Crippen molar-refractivity contribution in [3.63, 3.8) is 0 Å². The number of hydrogen-bond acceptors (Lipinski definition) is 3. The van der Waals surface area contributed by atoms with Gasteiger partial charge in [-0.2, -0.15) is 15.5 Å². The van der Waals surface area contributed by atoms with E-state index in [1.54, 1.807) is 0 Å². The number of nitrogens with zero attached hydrogens (tertiary/aromatic N) is 3. The molecule has 0 unspecified atom stereocenters. The second-order valence-corrected chi connectivity index (χ2v) is 3.85. The van der Waals surface area contributed by atoms with Crippen LogP contribution in [0.4, 0.5) is 0 Å². The quantitative estimate of drug-likeness (QED) is 0.521. The van der Waals surface area contributed by atoms with E-state index in [1.165, 1.54) is 0 Å². The van der Waals surface area contributed by atoms with Gasteiger partial charge in [-0.15, -0.1) is 0 Å². The summed E-state index contributed by atoms with van der Waals surface area (Å²) >= 11 is 0. The molecule has 2 aliphatic rings. The summed E-state index contributed by atoms with van der Waals surface area (Å²) in [5, 5.41) is 16.8. The third kappa shape index (κ3) is 1.03. The van der Waals surface area contributed by atoms with Gasteiger partial charge in [-0.05, 0) is 32.6 Å². The van der Waals surface area contributed by atoms with E-state index in [0.29, 0.717) is 0 Å². The Labute approximate surface area is 66.1 Å². The number of rotatable bonds is 0. The van der Waals surface area contributed by atoms with Crippen LogP contribution >= 0.6 is 0 Å². The summed E-state index contributed by atoms with van der Waals surface area (Å²) < 4.78 is 0. The van der Waals surface area contributed by atoms with Crippen molar-refractivity contribution in [3.8, 4) is 6.07 Å². The molecule has 0 aromatic carbocycles. The molecule has 1 fully saturated rings. The lowest BCUT2D eigenvalue weighted by molar-refractivity contribution is 0.248. The van der Waals surface area contributed by atoms with E-state index in [9.17, 15) is 0 Å². The summed E-state index contributed by atoms with van der Waals surface area (Å²) in [6, 6.07) is 2.36. The van der Waals surface area contributed by atoms with Crippen LogP contribution in [0.25, 0.3) is 0 Å². The molecule has 2 rings (SSSR count). The topological polar surface area (TPSA) is 48.5 Å². The van der Waals surface area contributed by atoms with Crippen LogP contribution in [-0.4, -0.2) is 5.66 Å². The Morgan fingerprint density at radius 2 is 1.73 bits per heavy atom. The first-order chi connectivity index (χ1) is 5.18. The van der Waals surface area contributed by atoms with Gasteiger partial charge in [0, 0.05) is 0 Å². The molecular formula is C8H11N3. The molecule has 0 amide bonds. The fourth-order valence-corrected chi connectivity index (χ4v) is 1.58. The van der Waals surface area contributed by atoms with E-state index in [0.717, 1.165) is 25.7 Å². The molecule has 1 spiro atoms. The van der Waals surface area contributed by atoms with Crippen LogP contribution in [0.1, 0.15) is 32.6 Å². The lowest BCUT2D eigenvalue weighted by Crippen LogP contribution is -2.27. The average molecular weight is 149 g/mol. The zero-order valence-electron chi connectivity index (χ0n) is 6.67. The van der Waals surface area contributed by atoms with Crippen molar-refractivity contribution >= 4 is 0 Å². The summed E-state index contributed by atoms with van der Waals surface area (Å²) in [5.74, 6) is 0. The highest BCUT2D eigenvalue weighted by molar-refractivity contribution is 5.06. The van der Waals surface area contributed by atoms with E-state index >= 15 is 0 Å². The van der Waals surface area contributed by atoms with Crippen LogP contribution in [0.15, 0.2) is 10.2 Å². The smallest absolute Gasteiger partial charge is 0.191 e.